The van der Waals surface area contributed by atoms with Crippen molar-refractivity contribution < 1.29 is 5.11 Å². The lowest BCUT2D eigenvalue weighted by Gasteiger charge is -2.38. The van der Waals surface area contributed by atoms with Gasteiger partial charge in [0.25, 0.3) is 0 Å². The normalized spacial score (nSPS) is 20.8. The Morgan fingerprint density at radius 3 is 2.33 bits per heavy atom. The van der Waals surface area contributed by atoms with Gasteiger partial charge in [0.15, 0.2) is 0 Å². The number of anilines is 1. The topological polar surface area (TPSA) is 23.5 Å². The summed E-state index contributed by atoms with van der Waals surface area (Å²) in [6, 6.07) is 17.4. The highest BCUT2D eigenvalue weighted by Crippen LogP contribution is 2.36. The highest BCUT2D eigenvalue weighted by atomic mass is 16.3. The zero-order valence-electron chi connectivity index (χ0n) is 14.9. The van der Waals surface area contributed by atoms with E-state index in [1.54, 1.807) is 0 Å². The molecule has 1 fully saturated rings. The third kappa shape index (κ3) is 3.92. The SMILES string of the molecule is CCCN(c1cccc(C)c1)C1CCC(c2ccc(O)cc2)CC1. The van der Waals surface area contributed by atoms with Crippen LogP contribution >= 0.6 is 0 Å². The Hall–Kier alpha value is -1.96. The van der Waals surface area contributed by atoms with Crippen LogP contribution in [0.25, 0.3) is 0 Å². The maximum Gasteiger partial charge on any atom is 0.115 e. The van der Waals surface area contributed by atoms with Gasteiger partial charge in [0.1, 0.15) is 5.75 Å². The summed E-state index contributed by atoms with van der Waals surface area (Å²) in [5.74, 6) is 1.00. The second kappa shape index (κ2) is 7.74. The predicted molar refractivity (Wildman–Crippen MR) is 102 cm³/mol. The van der Waals surface area contributed by atoms with Gasteiger partial charge in [0.2, 0.25) is 0 Å². The van der Waals surface area contributed by atoms with Crippen LogP contribution in [0.1, 0.15) is 56.1 Å². The highest BCUT2D eigenvalue weighted by Gasteiger charge is 2.26. The maximum absolute atomic E-state index is 9.47. The molecular formula is C22H29NO. The molecule has 0 spiro atoms. The number of rotatable bonds is 5. The highest BCUT2D eigenvalue weighted by molar-refractivity contribution is 5.49. The lowest BCUT2D eigenvalue weighted by Crippen LogP contribution is -2.38. The van der Waals surface area contributed by atoms with Crippen molar-refractivity contribution in [2.75, 3.05) is 11.4 Å². The minimum absolute atomic E-state index is 0.362. The van der Waals surface area contributed by atoms with Crippen LogP contribution in [-0.2, 0) is 0 Å². The fraction of sp³-hybridized carbons (Fsp3) is 0.455. The van der Waals surface area contributed by atoms with Gasteiger partial charge in [-0.3, -0.25) is 0 Å². The summed E-state index contributed by atoms with van der Waals surface area (Å²) in [4.78, 5) is 2.63. The molecule has 1 N–H and O–H groups in total. The van der Waals surface area contributed by atoms with Crippen LogP contribution in [-0.4, -0.2) is 17.7 Å². The molecule has 1 aliphatic carbocycles. The van der Waals surface area contributed by atoms with Gasteiger partial charge < -0.3 is 10.0 Å². The van der Waals surface area contributed by atoms with E-state index in [9.17, 15) is 5.11 Å². The number of hydrogen-bond acceptors (Lipinski definition) is 2. The molecule has 2 heteroatoms. The second-order valence-electron chi connectivity index (χ2n) is 7.13. The average molecular weight is 323 g/mol. The van der Waals surface area contributed by atoms with Crippen molar-refractivity contribution in [1.82, 2.24) is 0 Å². The number of aryl methyl sites for hydroxylation is 1. The minimum atomic E-state index is 0.362. The number of phenols is 1. The Kier molecular flexibility index (Phi) is 5.44. The molecule has 3 rings (SSSR count). The van der Waals surface area contributed by atoms with Crippen molar-refractivity contribution in [2.45, 2.75) is 57.9 Å². The lowest BCUT2D eigenvalue weighted by atomic mass is 9.81. The summed E-state index contributed by atoms with van der Waals surface area (Å²) in [6.45, 7) is 5.58. The first-order valence-electron chi connectivity index (χ1n) is 9.29. The van der Waals surface area contributed by atoms with Crippen molar-refractivity contribution in [1.29, 1.82) is 0 Å². The first-order valence-corrected chi connectivity index (χ1v) is 9.29. The summed E-state index contributed by atoms with van der Waals surface area (Å²) < 4.78 is 0. The van der Waals surface area contributed by atoms with Crippen LogP contribution in [0.3, 0.4) is 0 Å². The maximum atomic E-state index is 9.47. The van der Waals surface area contributed by atoms with Crippen molar-refractivity contribution in [3.05, 3.63) is 59.7 Å². The van der Waals surface area contributed by atoms with E-state index in [1.165, 1.54) is 48.9 Å². The van der Waals surface area contributed by atoms with Crippen molar-refractivity contribution in [3.8, 4) is 5.75 Å². The summed E-state index contributed by atoms with van der Waals surface area (Å²) in [5.41, 5.74) is 4.10. The molecule has 1 aliphatic rings. The molecule has 0 amide bonds. The van der Waals surface area contributed by atoms with Crippen LogP contribution in [0, 0.1) is 6.92 Å². The van der Waals surface area contributed by atoms with Gasteiger partial charge in [-0.2, -0.15) is 0 Å². The first kappa shape index (κ1) is 16.9. The average Bonchev–Trinajstić information content (AvgIpc) is 2.61. The van der Waals surface area contributed by atoms with Crippen LogP contribution in [0.4, 0.5) is 5.69 Å². The monoisotopic (exact) mass is 323 g/mol. The molecular weight excluding hydrogens is 294 g/mol. The van der Waals surface area contributed by atoms with Gasteiger partial charge in [-0.05, 0) is 80.3 Å². The molecule has 0 aliphatic heterocycles. The summed E-state index contributed by atoms with van der Waals surface area (Å²) >= 11 is 0. The van der Waals surface area contributed by atoms with Gasteiger partial charge in [0, 0.05) is 18.3 Å². The Morgan fingerprint density at radius 1 is 1.00 bits per heavy atom. The van der Waals surface area contributed by atoms with E-state index in [-0.39, 0.29) is 0 Å². The van der Waals surface area contributed by atoms with E-state index in [0.717, 1.165) is 6.54 Å². The van der Waals surface area contributed by atoms with E-state index in [2.05, 4.69) is 55.1 Å². The molecule has 2 nitrogen and oxygen atoms in total. The van der Waals surface area contributed by atoms with Crippen molar-refractivity contribution >= 4 is 5.69 Å². The molecule has 24 heavy (non-hydrogen) atoms. The number of nitrogens with zero attached hydrogens (tertiary/aromatic N) is 1. The van der Waals surface area contributed by atoms with Gasteiger partial charge >= 0.3 is 0 Å². The molecule has 128 valence electrons. The third-order valence-electron chi connectivity index (χ3n) is 5.30. The molecule has 0 aromatic heterocycles. The largest absolute Gasteiger partial charge is 0.508 e. The van der Waals surface area contributed by atoms with Gasteiger partial charge in [-0.25, -0.2) is 0 Å². The number of benzene rings is 2. The summed E-state index contributed by atoms with van der Waals surface area (Å²) in [7, 11) is 0. The smallest absolute Gasteiger partial charge is 0.115 e. The van der Waals surface area contributed by atoms with Crippen molar-refractivity contribution in [2.24, 2.45) is 0 Å². The molecule has 0 heterocycles. The molecule has 2 aromatic carbocycles. The number of hydrogen-bond donors (Lipinski definition) is 1. The van der Waals surface area contributed by atoms with E-state index in [0.29, 0.717) is 17.7 Å². The molecule has 0 unspecified atom stereocenters. The zero-order chi connectivity index (χ0) is 16.9. The number of phenolic OH excluding ortho intramolecular Hbond substituents is 1. The number of aromatic hydroxyl groups is 1. The molecule has 2 aromatic rings. The van der Waals surface area contributed by atoms with Gasteiger partial charge in [0.05, 0.1) is 0 Å². The molecule has 1 saturated carbocycles. The van der Waals surface area contributed by atoms with Crippen LogP contribution in [0.2, 0.25) is 0 Å². The predicted octanol–water partition coefficient (Wildman–Crippen LogP) is 5.64. The Labute approximate surface area is 146 Å². The van der Waals surface area contributed by atoms with E-state index in [4.69, 9.17) is 0 Å². The second-order valence-corrected chi connectivity index (χ2v) is 7.13. The quantitative estimate of drug-likeness (QED) is 0.769. The van der Waals surface area contributed by atoms with E-state index >= 15 is 0 Å². The molecule has 0 atom stereocenters. The zero-order valence-corrected chi connectivity index (χ0v) is 14.9. The molecule has 0 bridgehead atoms. The minimum Gasteiger partial charge on any atom is -0.508 e. The summed E-state index contributed by atoms with van der Waals surface area (Å²) in [5, 5.41) is 9.47. The Balaban J connectivity index is 1.68. The lowest BCUT2D eigenvalue weighted by molar-refractivity contribution is 0.375. The van der Waals surface area contributed by atoms with E-state index < -0.39 is 0 Å². The Bertz CT molecular complexity index is 641. The standard InChI is InChI=1S/C22H29NO/c1-3-15-23(21-6-4-5-17(2)16-21)20-11-7-18(8-12-20)19-9-13-22(24)14-10-19/h4-6,9-10,13-14,16,18,20,24H,3,7-8,11-12,15H2,1-2H3. The summed E-state index contributed by atoms with van der Waals surface area (Å²) in [6.07, 6.45) is 6.16. The van der Waals surface area contributed by atoms with Gasteiger partial charge in [-0.15, -0.1) is 0 Å². The van der Waals surface area contributed by atoms with Crippen LogP contribution < -0.4 is 4.90 Å². The molecule has 0 radical (unpaired) electrons. The van der Waals surface area contributed by atoms with Crippen LogP contribution in [0.15, 0.2) is 48.5 Å². The van der Waals surface area contributed by atoms with Gasteiger partial charge in [-0.1, -0.05) is 31.2 Å². The van der Waals surface area contributed by atoms with Crippen LogP contribution in [0.5, 0.6) is 5.75 Å². The van der Waals surface area contributed by atoms with Crippen molar-refractivity contribution in [3.63, 3.8) is 0 Å². The fourth-order valence-electron chi connectivity index (χ4n) is 4.04. The van der Waals surface area contributed by atoms with E-state index in [1.807, 2.05) is 12.1 Å². The Morgan fingerprint density at radius 2 is 1.71 bits per heavy atom. The third-order valence-corrected chi connectivity index (χ3v) is 5.30. The molecule has 0 saturated heterocycles. The first-order chi connectivity index (χ1) is 11.7. The fourth-order valence-corrected chi connectivity index (χ4v) is 4.04.